The first-order valence-electron chi connectivity index (χ1n) is 13.7. The molecule has 0 saturated heterocycles. The van der Waals surface area contributed by atoms with Gasteiger partial charge in [-0.15, -0.1) is 0 Å². The number of carbonyl (C=O) groups excluding carboxylic acids is 3. The topological polar surface area (TPSA) is 101 Å². The Morgan fingerprint density at radius 1 is 1.00 bits per heavy atom. The lowest BCUT2D eigenvalue weighted by Crippen LogP contribution is -2.47. The van der Waals surface area contributed by atoms with E-state index in [0.717, 1.165) is 32.1 Å². The first-order valence-corrected chi connectivity index (χ1v) is 13.7. The van der Waals surface area contributed by atoms with E-state index >= 15 is 0 Å². The van der Waals surface area contributed by atoms with Crippen molar-refractivity contribution in [3.63, 3.8) is 0 Å². The van der Waals surface area contributed by atoms with Crippen LogP contribution in [0.1, 0.15) is 63.0 Å². The lowest BCUT2D eigenvalue weighted by atomic mass is 9.94. The van der Waals surface area contributed by atoms with Crippen LogP contribution < -0.4 is 20.3 Å². The van der Waals surface area contributed by atoms with Gasteiger partial charge in [0, 0.05) is 30.8 Å². The number of nitrogens with one attached hydrogen (secondary N) is 2. The first kappa shape index (κ1) is 28.7. The van der Waals surface area contributed by atoms with Crippen LogP contribution in [-0.2, 0) is 14.4 Å². The number of pyridine rings is 1. The summed E-state index contributed by atoms with van der Waals surface area (Å²) < 4.78 is 19.7. The second kappa shape index (κ2) is 14.2. The van der Waals surface area contributed by atoms with Crippen molar-refractivity contribution in [3.8, 4) is 5.75 Å². The lowest BCUT2D eigenvalue weighted by Gasteiger charge is -2.33. The molecule has 0 spiro atoms. The van der Waals surface area contributed by atoms with Gasteiger partial charge in [0.25, 0.3) is 0 Å². The van der Waals surface area contributed by atoms with Gasteiger partial charge in [-0.25, -0.2) is 9.37 Å². The van der Waals surface area contributed by atoms with Gasteiger partial charge in [-0.1, -0.05) is 43.5 Å². The maximum absolute atomic E-state index is 14.4. The van der Waals surface area contributed by atoms with Crippen molar-refractivity contribution < 1.29 is 23.5 Å². The average Bonchev–Trinajstić information content (AvgIpc) is 2.97. The molecule has 1 aliphatic rings. The number of aromatic nitrogens is 1. The van der Waals surface area contributed by atoms with Gasteiger partial charge in [0.05, 0.1) is 7.11 Å². The quantitative estimate of drug-likeness (QED) is 0.328. The molecular formula is C31H35FN4O4. The van der Waals surface area contributed by atoms with Crippen LogP contribution in [-0.4, -0.2) is 35.9 Å². The van der Waals surface area contributed by atoms with Crippen molar-refractivity contribution in [2.75, 3.05) is 17.3 Å². The number of ether oxygens (including phenoxy) is 1. The largest absolute Gasteiger partial charge is 0.497 e. The number of halogens is 1. The number of methoxy groups -OCH3 is 1. The molecule has 3 amide bonds. The Kier molecular flexibility index (Phi) is 10.2. The van der Waals surface area contributed by atoms with Crippen molar-refractivity contribution in [2.24, 2.45) is 0 Å². The Morgan fingerprint density at radius 3 is 2.45 bits per heavy atom. The van der Waals surface area contributed by atoms with Crippen molar-refractivity contribution in [2.45, 2.75) is 63.5 Å². The molecule has 1 atom stereocenters. The molecule has 8 nitrogen and oxygen atoms in total. The maximum Gasteiger partial charge on any atom is 0.248 e. The van der Waals surface area contributed by atoms with Crippen molar-refractivity contribution >= 4 is 29.2 Å². The monoisotopic (exact) mass is 546 g/mol. The predicted molar refractivity (Wildman–Crippen MR) is 151 cm³/mol. The van der Waals surface area contributed by atoms with Crippen LogP contribution in [0.2, 0.25) is 0 Å². The summed E-state index contributed by atoms with van der Waals surface area (Å²) in [7, 11) is 1.55. The van der Waals surface area contributed by atoms with E-state index in [-0.39, 0.29) is 42.8 Å². The third-order valence-corrected chi connectivity index (χ3v) is 6.97. The lowest BCUT2D eigenvalue weighted by molar-refractivity contribution is -0.127. The molecule has 1 saturated carbocycles. The highest BCUT2D eigenvalue weighted by Gasteiger charge is 2.34. The molecule has 0 radical (unpaired) electrons. The Morgan fingerprint density at radius 2 is 1.77 bits per heavy atom. The zero-order chi connectivity index (χ0) is 28.3. The number of hydrogen-bond donors (Lipinski definition) is 2. The van der Waals surface area contributed by atoms with Gasteiger partial charge in [-0.3, -0.25) is 19.3 Å². The van der Waals surface area contributed by atoms with Crippen LogP contribution >= 0.6 is 0 Å². The highest BCUT2D eigenvalue weighted by molar-refractivity contribution is 6.01. The minimum Gasteiger partial charge on any atom is -0.497 e. The van der Waals surface area contributed by atoms with Gasteiger partial charge < -0.3 is 15.4 Å². The van der Waals surface area contributed by atoms with Crippen molar-refractivity contribution in [1.82, 2.24) is 10.3 Å². The molecule has 1 heterocycles. The van der Waals surface area contributed by atoms with Gasteiger partial charge in [0.1, 0.15) is 23.4 Å². The molecule has 0 aliphatic heterocycles. The summed E-state index contributed by atoms with van der Waals surface area (Å²) >= 11 is 0. The SMILES string of the molecule is COc1ccc(C(C(=O)NC2CCCCC2)N(C(=O)CCCC(=O)Nc2ccccn2)c2cccc(F)c2)cc1. The second-order valence-corrected chi connectivity index (χ2v) is 9.88. The van der Waals surface area contributed by atoms with Gasteiger partial charge in [-0.05, 0) is 67.3 Å². The summed E-state index contributed by atoms with van der Waals surface area (Å²) in [6.07, 6.45) is 6.83. The van der Waals surface area contributed by atoms with Crippen LogP contribution in [0.3, 0.4) is 0 Å². The summed E-state index contributed by atoms with van der Waals surface area (Å²) in [5, 5.41) is 5.85. The molecule has 2 aromatic carbocycles. The molecule has 2 N–H and O–H groups in total. The van der Waals surface area contributed by atoms with Crippen LogP contribution in [0.15, 0.2) is 72.9 Å². The van der Waals surface area contributed by atoms with Crippen molar-refractivity contribution in [1.29, 1.82) is 0 Å². The molecule has 1 unspecified atom stereocenters. The van der Waals surface area contributed by atoms with Gasteiger partial charge >= 0.3 is 0 Å². The van der Waals surface area contributed by atoms with Crippen LogP contribution in [0.5, 0.6) is 5.75 Å². The van der Waals surface area contributed by atoms with E-state index in [1.165, 1.54) is 23.1 Å². The molecule has 9 heteroatoms. The molecule has 1 aliphatic carbocycles. The van der Waals surface area contributed by atoms with Crippen LogP contribution in [0, 0.1) is 5.82 Å². The van der Waals surface area contributed by atoms with E-state index in [0.29, 0.717) is 17.1 Å². The predicted octanol–water partition coefficient (Wildman–Crippen LogP) is 5.56. The average molecular weight is 547 g/mol. The molecule has 1 fully saturated rings. The van der Waals surface area contributed by atoms with Gasteiger partial charge in [0.15, 0.2) is 0 Å². The van der Waals surface area contributed by atoms with E-state index in [9.17, 15) is 18.8 Å². The van der Waals surface area contributed by atoms with E-state index in [4.69, 9.17) is 4.74 Å². The second-order valence-electron chi connectivity index (χ2n) is 9.88. The molecular weight excluding hydrogens is 511 g/mol. The third kappa shape index (κ3) is 7.88. The number of amides is 3. The minimum atomic E-state index is -1.04. The molecule has 210 valence electrons. The highest BCUT2D eigenvalue weighted by Crippen LogP contribution is 2.31. The zero-order valence-electron chi connectivity index (χ0n) is 22.6. The van der Waals surface area contributed by atoms with E-state index in [1.807, 2.05) is 0 Å². The number of benzene rings is 2. The molecule has 3 aromatic rings. The summed E-state index contributed by atoms with van der Waals surface area (Å²) in [6, 6.07) is 16.8. The smallest absolute Gasteiger partial charge is 0.248 e. The van der Waals surface area contributed by atoms with E-state index < -0.39 is 17.8 Å². The summed E-state index contributed by atoms with van der Waals surface area (Å²) in [6.45, 7) is 0. The Labute approximate surface area is 233 Å². The fourth-order valence-electron chi connectivity index (χ4n) is 4.96. The van der Waals surface area contributed by atoms with E-state index in [2.05, 4.69) is 15.6 Å². The molecule has 1 aromatic heterocycles. The standard InChI is InChI=1S/C31H35FN4O4/c1-40-26-18-16-22(17-19-26)30(31(39)34-24-10-3-2-4-11-24)36(25-12-7-9-23(32)21-25)29(38)15-8-14-28(37)35-27-13-5-6-20-33-27/h5-7,9,12-13,16-21,24,30H,2-4,8,10-11,14-15H2,1H3,(H,34,39)(H,33,35,37). The van der Waals surface area contributed by atoms with Gasteiger partial charge in [0.2, 0.25) is 17.7 Å². The molecule has 0 bridgehead atoms. The summed E-state index contributed by atoms with van der Waals surface area (Å²) in [5.41, 5.74) is 0.835. The number of hydrogen-bond acceptors (Lipinski definition) is 5. The third-order valence-electron chi connectivity index (χ3n) is 6.97. The summed E-state index contributed by atoms with van der Waals surface area (Å²) in [4.78, 5) is 45.5. The normalized spacial score (nSPS) is 14.2. The summed E-state index contributed by atoms with van der Waals surface area (Å²) in [5.74, 6) is -0.480. The highest BCUT2D eigenvalue weighted by atomic mass is 19.1. The van der Waals surface area contributed by atoms with Gasteiger partial charge in [-0.2, -0.15) is 0 Å². The maximum atomic E-state index is 14.4. The van der Waals surface area contributed by atoms with Crippen LogP contribution in [0.4, 0.5) is 15.9 Å². The Hall–Kier alpha value is -4.27. The minimum absolute atomic E-state index is 0.0155. The number of rotatable bonds is 11. The molecule has 4 rings (SSSR count). The molecule has 40 heavy (non-hydrogen) atoms. The zero-order valence-corrected chi connectivity index (χ0v) is 22.6. The Bertz CT molecular complexity index is 1280. The van der Waals surface area contributed by atoms with Crippen LogP contribution in [0.25, 0.3) is 0 Å². The van der Waals surface area contributed by atoms with E-state index in [1.54, 1.807) is 61.8 Å². The first-order chi connectivity index (χ1) is 19.4. The fourth-order valence-corrected chi connectivity index (χ4v) is 4.96. The number of nitrogens with zero attached hydrogens (tertiary/aromatic N) is 2. The fraction of sp³-hybridized carbons (Fsp3) is 0.355. The number of anilines is 2. The number of carbonyl (C=O) groups is 3. The van der Waals surface area contributed by atoms with Crippen molar-refractivity contribution in [3.05, 3.63) is 84.3 Å². The Balaban J connectivity index is 1.58.